The molecule has 0 aliphatic heterocycles. The topological polar surface area (TPSA) is 59.0 Å². The van der Waals surface area contributed by atoms with E-state index >= 15 is 0 Å². The van der Waals surface area contributed by atoms with Gasteiger partial charge >= 0.3 is 6.09 Å². The number of halogens is 1. The summed E-state index contributed by atoms with van der Waals surface area (Å²) in [7, 11) is 1.54. The standard InChI is InChI=1S/C16H24INO4/c1-4-10-16(22-12-21-3,18(11-5-2)15(19)20)13-8-6-7-9-14(13)17/h6-9H,4-5,10-12H2,1-3H3,(H,19,20)/t16-/m1/s1. The van der Waals surface area contributed by atoms with Gasteiger partial charge in [0.25, 0.3) is 0 Å². The smallest absolute Gasteiger partial charge is 0.409 e. The third-order valence-corrected chi connectivity index (χ3v) is 4.35. The zero-order chi connectivity index (χ0) is 16.6. The average molecular weight is 421 g/mol. The lowest BCUT2D eigenvalue weighted by Crippen LogP contribution is -2.52. The van der Waals surface area contributed by atoms with Crippen LogP contribution in [0.15, 0.2) is 24.3 Å². The summed E-state index contributed by atoms with van der Waals surface area (Å²) in [6.07, 6.45) is 1.11. The van der Waals surface area contributed by atoms with Gasteiger partial charge in [0.05, 0.1) is 0 Å². The maximum absolute atomic E-state index is 11.9. The van der Waals surface area contributed by atoms with Gasteiger partial charge in [-0.2, -0.15) is 0 Å². The maximum atomic E-state index is 11.9. The molecule has 0 radical (unpaired) electrons. The number of hydrogen-bond donors (Lipinski definition) is 1. The van der Waals surface area contributed by atoms with E-state index in [1.165, 1.54) is 12.0 Å². The molecule has 1 atom stereocenters. The Hall–Kier alpha value is -0.860. The molecular weight excluding hydrogens is 397 g/mol. The second-order valence-electron chi connectivity index (χ2n) is 5.00. The van der Waals surface area contributed by atoms with E-state index in [1.54, 1.807) is 0 Å². The fraction of sp³-hybridized carbons (Fsp3) is 0.562. The molecule has 1 N–H and O–H groups in total. The Morgan fingerprint density at radius 3 is 2.50 bits per heavy atom. The summed E-state index contributed by atoms with van der Waals surface area (Å²) < 4.78 is 12.0. The van der Waals surface area contributed by atoms with Crippen molar-refractivity contribution in [3.63, 3.8) is 0 Å². The highest BCUT2D eigenvalue weighted by molar-refractivity contribution is 14.1. The molecule has 0 bridgehead atoms. The van der Waals surface area contributed by atoms with E-state index in [9.17, 15) is 9.90 Å². The Morgan fingerprint density at radius 1 is 1.32 bits per heavy atom. The molecule has 0 aromatic heterocycles. The lowest BCUT2D eigenvalue weighted by atomic mass is 9.95. The minimum Gasteiger partial charge on any atom is -0.465 e. The third kappa shape index (κ3) is 4.33. The minimum absolute atomic E-state index is 0.0401. The number of amides is 1. The van der Waals surface area contributed by atoms with Crippen LogP contribution >= 0.6 is 22.6 Å². The SMILES string of the molecule is CCCN(C(=O)O)[C@](CCC)(OCOC)c1ccccc1I. The van der Waals surface area contributed by atoms with Crippen LogP contribution in [0.4, 0.5) is 4.79 Å². The number of rotatable bonds is 9. The summed E-state index contributed by atoms with van der Waals surface area (Å²) in [5, 5.41) is 9.72. The van der Waals surface area contributed by atoms with E-state index in [-0.39, 0.29) is 6.79 Å². The fourth-order valence-electron chi connectivity index (χ4n) is 2.57. The van der Waals surface area contributed by atoms with E-state index in [0.29, 0.717) is 13.0 Å². The largest absolute Gasteiger partial charge is 0.465 e. The van der Waals surface area contributed by atoms with Crippen molar-refractivity contribution in [3.8, 4) is 0 Å². The Bertz CT molecular complexity index is 483. The summed E-state index contributed by atoms with van der Waals surface area (Å²) in [6.45, 7) is 4.42. The monoisotopic (exact) mass is 421 g/mol. The first kappa shape index (κ1) is 19.2. The van der Waals surface area contributed by atoms with Crippen molar-refractivity contribution >= 4 is 28.7 Å². The van der Waals surface area contributed by atoms with Crippen molar-refractivity contribution in [2.45, 2.75) is 38.8 Å². The lowest BCUT2D eigenvalue weighted by Gasteiger charge is -2.42. The number of ether oxygens (including phenoxy) is 2. The van der Waals surface area contributed by atoms with Crippen molar-refractivity contribution in [2.24, 2.45) is 0 Å². The van der Waals surface area contributed by atoms with Crippen molar-refractivity contribution in [2.75, 3.05) is 20.4 Å². The minimum atomic E-state index is -1.02. The van der Waals surface area contributed by atoms with Crippen LogP contribution in [0.3, 0.4) is 0 Å². The zero-order valence-electron chi connectivity index (χ0n) is 13.3. The number of benzene rings is 1. The highest BCUT2D eigenvalue weighted by atomic mass is 127. The van der Waals surface area contributed by atoms with E-state index in [4.69, 9.17) is 9.47 Å². The highest BCUT2D eigenvalue weighted by Crippen LogP contribution is 2.38. The average Bonchev–Trinajstić information content (AvgIpc) is 2.50. The highest BCUT2D eigenvalue weighted by Gasteiger charge is 2.43. The molecule has 0 heterocycles. The van der Waals surface area contributed by atoms with Gasteiger partial charge in [0.15, 0.2) is 5.72 Å². The zero-order valence-corrected chi connectivity index (χ0v) is 15.5. The van der Waals surface area contributed by atoms with Crippen molar-refractivity contribution in [3.05, 3.63) is 33.4 Å². The molecule has 0 aliphatic rings. The number of methoxy groups -OCH3 is 1. The lowest BCUT2D eigenvalue weighted by molar-refractivity contribution is -0.205. The van der Waals surface area contributed by atoms with Gasteiger partial charge in [0.2, 0.25) is 0 Å². The van der Waals surface area contributed by atoms with E-state index < -0.39 is 11.8 Å². The van der Waals surface area contributed by atoms with Gasteiger partial charge in [-0.1, -0.05) is 38.5 Å². The van der Waals surface area contributed by atoms with Gasteiger partial charge < -0.3 is 14.6 Å². The third-order valence-electron chi connectivity index (χ3n) is 3.41. The molecule has 1 aromatic rings. The molecule has 0 saturated heterocycles. The van der Waals surface area contributed by atoms with Gasteiger partial charge in [0.1, 0.15) is 6.79 Å². The molecule has 1 aromatic carbocycles. The van der Waals surface area contributed by atoms with Crippen molar-refractivity contribution < 1.29 is 19.4 Å². The first-order chi connectivity index (χ1) is 10.5. The predicted molar refractivity (Wildman–Crippen MR) is 93.7 cm³/mol. The van der Waals surface area contributed by atoms with Gasteiger partial charge in [-0.25, -0.2) is 4.79 Å². The fourth-order valence-corrected chi connectivity index (χ4v) is 3.38. The summed E-state index contributed by atoms with van der Waals surface area (Å²) >= 11 is 2.22. The first-order valence-electron chi connectivity index (χ1n) is 7.41. The van der Waals surface area contributed by atoms with Gasteiger partial charge in [-0.3, -0.25) is 4.90 Å². The molecule has 22 heavy (non-hydrogen) atoms. The maximum Gasteiger partial charge on any atom is 0.409 e. The molecule has 0 aliphatic carbocycles. The Balaban J connectivity index is 3.44. The summed E-state index contributed by atoms with van der Waals surface area (Å²) in [4.78, 5) is 13.3. The Labute approximate surface area is 145 Å². The molecule has 0 fully saturated rings. The summed E-state index contributed by atoms with van der Waals surface area (Å²) in [6, 6.07) is 7.73. The van der Waals surface area contributed by atoms with Gasteiger partial charge in [-0.05, 0) is 41.5 Å². The second kappa shape index (κ2) is 9.32. The van der Waals surface area contributed by atoms with Crippen LogP contribution in [0.2, 0.25) is 0 Å². The number of carbonyl (C=O) groups is 1. The molecule has 0 spiro atoms. The Morgan fingerprint density at radius 2 is 2.00 bits per heavy atom. The quantitative estimate of drug-likeness (QED) is 0.479. The molecule has 6 heteroatoms. The molecule has 1 rings (SSSR count). The summed E-state index contributed by atoms with van der Waals surface area (Å²) in [5.74, 6) is 0. The number of nitrogens with zero attached hydrogens (tertiary/aromatic N) is 1. The van der Waals surface area contributed by atoms with Crippen LogP contribution in [0.5, 0.6) is 0 Å². The molecular formula is C16H24INO4. The van der Waals surface area contributed by atoms with Crippen LogP contribution < -0.4 is 0 Å². The van der Waals surface area contributed by atoms with Gasteiger partial charge in [0, 0.05) is 22.8 Å². The van der Waals surface area contributed by atoms with Crippen LogP contribution in [0, 0.1) is 3.57 Å². The molecule has 124 valence electrons. The van der Waals surface area contributed by atoms with Crippen LogP contribution in [-0.2, 0) is 15.2 Å². The molecule has 0 unspecified atom stereocenters. The molecule has 0 saturated carbocycles. The van der Waals surface area contributed by atoms with E-state index in [0.717, 1.165) is 22.0 Å². The van der Waals surface area contributed by atoms with Crippen molar-refractivity contribution in [1.29, 1.82) is 0 Å². The van der Waals surface area contributed by atoms with Crippen LogP contribution in [-0.4, -0.2) is 36.5 Å². The van der Waals surface area contributed by atoms with Crippen LogP contribution in [0.1, 0.15) is 38.7 Å². The number of carboxylic acid groups (broad SMARTS) is 1. The number of hydrogen-bond acceptors (Lipinski definition) is 3. The summed E-state index contributed by atoms with van der Waals surface area (Å²) in [5.41, 5.74) is -0.157. The van der Waals surface area contributed by atoms with Crippen LogP contribution in [0.25, 0.3) is 0 Å². The van der Waals surface area contributed by atoms with Gasteiger partial charge in [-0.15, -0.1) is 0 Å². The van der Waals surface area contributed by atoms with Crippen molar-refractivity contribution in [1.82, 2.24) is 4.90 Å². The van der Waals surface area contributed by atoms with E-state index in [1.807, 2.05) is 38.1 Å². The normalized spacial score (nSPS) is 13.6. The molecule has 1 amide bonds. The first-order valence-corrected chi connectivity index (χ1v) is 8.49. The Kier molecular flexibility index (Phi) is 8.13. The molecule has 5 nitrogen and oxygen atoms in total. The predicted octanol–water partition coefficient (Wildman–Crippen LogP) is 4.25. The van der Waals surface area contributed by atoms with E-state index in [2.05, 4.69) is 22.6 Å². The second-order valence-corrected chi connectivity index (χ2v) is 6.16.